The van der Waals surface area contributed by atoms with Gasteiger partial charge in [0.15, 0.2) is 0 Å². The number of ether oxygens (including phenoxy) is 4. The molecule has 0 atom stereocenters. The molecule has 38 heavy (non-hydrogen) atoms. The Morgan fingerprint density at radius 2 is 0.842 bits per heavy atom. The maximum absolute atomic E-state index is 12.9. The van der Waals surface area contributed by atoms with Gasteiger partial charge in [0.2, 0.25) is 12.1 Å². The average Bonchev–Trinajstić information content (AvgIpc) is 2.95. The van der Waals surface area contributed by atoms with Crippen LogP contribution in [0.15, 0.2) is 58.3 Å². The molecular formula is C24H24N2O10S2. The molecule has 2 amide bonds. The standard InChI is InChI=1S/C24H24N2O10S2/c1-33-21(29)17(22(30)34-2)25-19(27)13-9-5-7-11-15(13)37-38-16-12-8-6-10-14(16)20(28)26-18(23(31)35-3)24(32)36-4/h5-12,17-18H,1-4H3,(H,25,27)(H,26,28). The minimum Gasteiger partial charge on any atom is -0.467 e. The molecule has 0 radical (unpaired) electrons. The van der Waals surface area contributed by atoms with Gasteiger partial charge in [-0.2, -0.15) is 0 Å². The van der Waals surface area contributed by atoms with Crippen molar-refractivity contribution in [2.24, 2.45) is 0 Å². The topological polar surface area (TPSA) is 163 Å². The van der Waals surface area contributed by atoms with Gasteiger partial charge in [0.05, 0.1) is 39.6 Å². The second-order valence-electron chi connectivity index (χ2n) is 7.06. The van der Waals surface area contributed by atoms with Crippen LogP contribution >= 0.6 is 21.6 Å². The van der Waals surface area contributed by atoms with Crippen LogP contribution in [-0.2, 0) is 38.1 Å². The molecule has 0 aliphatic rings. The van der Waals surface area contributed by atoms with Gasteiger partial charge in [0.25, 0.3) is 11.8 Å². The van der Waals surface area contributed by atoms with Gasteiger partial charge in [0, 0.05) is 9.79 Å². The Balaban J connectivity index is 2.25. The largest absolute Gasteiger partial charge is 0.467 e. The van der Waals surface area contributed by atoms with Crippen molar-refractivity contribution in [3.63, 3.8) is 0 Å². The minimum atomic E-state index is -1.66. The highest BCUT2D eigenvalue weighted by molar-refractivity contribution is 8.76. The van der Waals surface area contributed by atoms with Crippen molar-refractivity contribution < 1.29 is 47.7 Å². The van der Waals surface area contributed by atoms with E-state index in [1.165, 1.54) is 12.1 Å². The lowest BCUT2D eigenvalue weighted by molar-refractivity contribution is -0.156. The van der Waals surface area contributed by atoms with E-state index in [4.69, 9.17) is 0 Å². The summed E-state index contributed by atoms with van der Waals surface area (Å²) in [5.41, 5.74) is 0.280. The molecule has 2 rings (SSSR count). The van der Waals surface area contributed by atoms with Crippen molar-refractivity contribution in [3.05, 3.63) is 59.7 Å². The maximum atomic E-state index is 12.9. The van der Waals surface area contributed by atoms with Gasteiger partial charge in [-0.3, -0.25) is 9.59 Å². The summed E-state index contributed by atoms with van der Waals surface area (Å²) in [6, 6.07) is 9.44. The number of methoxy groups -OCH3 is 4. The first-order valence-corrected chi connectivity index (χ1v) is 12.8. The van der Waals surface area contributed by atoms with E-state index < -0.39 is 47.8 Å². The molecule has 2 aromatic carbocycles. The molecule has 0 fully saturated rings. The minimum absolute atomic E-state index is 0.140. The molecule has 2 aromatic rings. The zero-order valence-corrected chi connectivity index (χ0v) is 22.3. The fraction of sp³-hybridized carbons (Fsp3) is 0.250. The SMILES string of the molecule is COC(=O)C(NC(=O)c1ccccc1SSc1ccccc1C(=O)NC(C(=O)OC)C(=O)OC)C(=O)OC. The lowest BCUT2D eigenvalue weighted by Gasteiger charge is -2.16. The summed E-state index contributed by atoms with van der Waals surface area (Å²) in [6.07, 6.45) is 0. The van der Waals surface area contributed by atoms with Crippen molar-refractivity contribution in [2.45, 2.75) is 21.9 Å². The van der Waals surface area contributed by atoms with E-state index in [-0.39, 0.29) is 11.1 Å². The predicted octanol–water partition coefficient (Wildman–Crippen LogP) is 1.37. The summed E-state index contributed by atoms with van der Waals surface area (Å²) in [5, 5.41) is 4.59. The van der Waals surface area contributed by atoms with E-state index in [1.54, 1.807) is 36.4 Å². The third kappa shape index (κ3) is 7.73. The van der Waals surface area contributed by atoms with Crippen LogP contribution < -0.4 is 10.6 Å². The lowest BCUT2D eigenvalue weighted by Crippen LogP contribution is -2.47. The number of amides is 2. The molecule has 2 N–H and O–H groups in total. The van der Waals surface area contributed by atoms with Crippen LogP contribution in [0.1, 0.15) is 20.7 Å². The molecule has 202 valence electrons. The first-order chi connectivity index (χ1) is 18.2. The van der Waals surface area contributed by atoms with Crippen LogP contribution in [0.5, 0.6) is 0 Å². The Kier molecular flexibility index (Phi) is 11.6. The molecule has 0 spiro atoms. The lowest BCUT2D eigenvalue weighted by atomic mass is 10.2. The van der Waals surface area contributed by atoms with Gasteiger partial charge in [-0.25, -0.2) is 19.2 Å². The second kappa shape index (κ2) is 14.6. The van der Waals surface area contributed by atoms with Gasteiger partial charge in [-0.15, -0.1) is 0 Å². The Labute approximate surface area is 225 Å². The van der Waals surface area contributed by atoms with E-state index in [0.29, 0.717) is 9.79 Å². The Bertz CT molecular complexity index is 1090. The Morgan fingerprint density at radius 3 is 1.13 bits per heavy atom. The van der Waals surface area contributed by atoms with E-state index in [1.807, 2.05) is 0 Å². The Hall–Kier alpha value is -4.04. The number of esters is 4. The molecule has 12 nitrogen and oxygen atoms in total. The summed E-state index contributed by atoms with van der Waals surface area (Å²) in [6.45, 7) is 0. The van der Waals surface area contributed by atoms with Crippen molar-refractivity contribution >= 4 is 57.3 Å². The first-order valence-electron chi connectivity index (χ1n) is 10.6. The van der Waals surface area contributed by atoms with E-state index in [9.17, 15) is 28.8 Å². The molecule has 14 heteroatoms. The summed E-state index contributed by atoms with van der Waals surface area (Å²) in [4.78, 5) is 74.4. The number of benzene rings is 2. The zero-order valence-electron chi connectivity index (χ0n) is 20.7. The first kappa shape index (κ1) is 30.2. The molecule has 0 saturated carbocycles. The summed E-state index contributed by atoms with van der Waals surface area (Å²) >= 11 is 0. The van der Waals surface area contributed by atoms with E-state index in [2.05, 4.69) is 29.6 Å². The second-order valence-corrected chi connectivity index (χ2v) is 9.28. The van der Waals surface area contributed by atoms with E-state index >= 15 is 0 Å². The highest BCUT2D eigenvalue weighted by Gasteiger charge is 2.32. The molecule has 0 unspecified atom stereocenters. The number of hydrogen-bond acceptors (Lipinski definition) is 12. The van der Waals surface area contributed by atoms with Crippen LogP contribution in [0.2, 0.25) is 0 Å². The van der Waals surface area contributed by atoms with Gasteiger partial charge in [0.1, 0.15) is 0 Å². The Morgan fingerprint density at radius 1 is 0.553 bits per heavy atom. The third-order valence-electron chi connectivity index (χ3n) is 4.78. The van der Waals surface area contributed by atoms with Crippen LogP contribution in [0, 0.1) is 0 Å². The molecular weight excluding hydrogens is 540 g/mol. The van der Waals surface area contributed by atoms with Crippen molar-refractivity contribution in [1.29, 1.82) is 0 Å². The number of hydrogen-bond donors (Lipinski definition) is 2. The van der Waals surface area contributed by atoms with Crippen LogP contribution in [0.25, 0.3) is 0 Å². The van der Waals surface area contributed by atoms with Gasteiger partial charge < -0.3 is 29.6 Å². The molecule has 0 aromatic heterocycles. The van der Waals surface area contributed by atoms with Crippen molar-refractivity contribution in [1.82, 2.24) is 10.6 Å². The van der Waals surface area contributed by atoms with Gasteiger partial charge in [-0.1, -0.05) is 45.9 Å². The highest BCUT2D eigenvalue weighted by Crippen LogP contribution is 2.40. The third-order valence-corrected chi connectivity index (χ3v) is 7.26. The quantitative estimate of drug-likeness (QED) is 0.175. The molecule has 0 aliphatic carbocycles. The smallest absolute Gasteiger partial charge is 0.340 e. The van der Waals surface area contributed by atoms with Gasteiger partial charge in [-0.05, 0) is 24.3 Å². The molecule has 0 saturated heterocycles. The van der Waals surface area contributed by atoms with E-state index in [0.717, 1.165) is 50.0 Å². The highest BCUT2D eigenvalue weighted by atomic mass is 33.1. The predicted molar refractivity (Wildman–Crippen MR) is 135 cm³/mol. The van der Waals surface area contributed by atoms with Crippen LogP contribution in [-0.4, -0.2) is 76.2 Å². The summed E-state index contributed by atoms with van der Waals surface area (Å²) in [7, 11) is 6.50. The van der Waals surface area contributed by atoms with Crippen LogP contribution in [0.3, 0.4) is 0 Å². The van der Waals surface area contributed by atoms with Gasteiger partial charge >= 0.3 is 23.9 Å². The fourth-order valence-corrected chi connectivity index (χ4v) is 5.22. The van der Waals surface area contributed by atoms with Crippen molar-refractivity contribution in [2.75, 3.05) is 28.4 Å². The number of carbonyl (C=O) groups is 6. The number of nitrogens with one attached hydrogen (secondary N) is 2. The van der Waals surface area contributed by atoms with Crippen molar-refractivity contribution in [3.8, 4) is 0 Å². The molecule has 0 bridgehead atoms. The molecule has 0 aliphatic heterocycles. The normalized spacial score (nSPS) is 10.4. The fourth-order valence-electron chi connectivity index (χ4n) is 2.86. The number of carbonyl (C=O) groups excluding carboxylic acids is 6. The zero-order chi connectivity index (χ0) is 28.2. The average molecular weight is 565 g/mol. The van der Waals surface area contributed by atoms with Crippen LogP contribution in [0.4, 0.5) is 0 Å². The monoisotopic (exact) mass is 564 g/mol. The maximum Gasteiger partial charge on any atom is 0.340 e. The number of rotatable bonds is 11. The summed E-state index contributed by atoms with van der Waals surface area (Å²) in [5.74, 6) is -5.47. The summed E-state index contributed by atoms with van der Waals surface area (Å²) < 4.78 is 18.2. The molecule has 0 heterocycles.